The first-order valence-corrected chi connectivity index (χ1v) is 15.2. The van der Waals surface area contributed by atoms with Crippen LogP contribution in [0.15, 0.2) is 53.1 Å². The number of thioether (sulfide) groups is 1. The van der Waals surface area contributed by atoms with E-state index in [9.17, 15) is 4.79 Å². The lowest BCUT2D eigenvalue weighted by Gasteiger charge is -2.32. The Labute approximate surface area is 238 Å². The van der Waals surface area contributed by atoms with Crippen molar-refractivity contribution >= 4 is 40.8 Å². The molecule has 0 saturated carbocycles. The fraction of sp³-hybridized carbons (Fsp3) is 0.448. The van der Waals surface area contributed by atoms with E-state index in [0.717, 1.165) is 29.2 Å². The number of thiophene rings is 1. The van der Waals surface area contributed by atoms with Gasteiger partial charge in [0.1, 0.15) is 5.60 Å². The third-order valence-electron chi connectivity index (χ3n) is 6.60. The number of piperidine rings is 1. The highest BCUT2D eigenvalue weighted by Crippen LogP contribution is 2.32. The summed E-state index contributed by atoms with van der Waals surface area (Å²) in [4.78, 5) is 25.4. The Bertz CT molecular complexity index is 1420. The van der Waals surface area contributed by atoms with E-state index in [1.165, 1.54) is 16.0 Å². The van der Waals surface area contributed by atoms with Crippen molar-refractivity contribution in [1.29, 1.82) is 0 Å². The number of anilines is 1. The molecule has 4 heterocycles. The van der Waals surface area contributed by atoms with Crippen LogP contribution in [0.3, 0.4) is 0 Å². The molecule has 1 aliphatic heterocycles. The number of benzene rings is 1. The molecule has 1 aromatic carbocycles. The molecule has 10 heteroatoms. The highest BCUT2D eigenvalue weighted by Gasteiger charge is 2.28. The average molecular weight is 565 g/mol. The highest BCUT2D eigenvalue weighted by atomic mass is 32.2. The second-order valence-electron chi connectivity index (χ2n) is 11.1. The van der Waals surface area contributed by atoms with Crippen LogP contribution >= 0.6 is 23.1 Å². The first kappa shape index (κ1) is 27.5. The summed E-state index contributed by atoms with van der Waals surface area (Å²) in [6.07, 6.45) is 3.39. The number of carbonyl (C=O) groups is 1. The van der Waals surface area contributed by atoms with Gasteiger partial charge in [-0.3, -0.25) is 0 Å². The van der Waals surface area contributed by atoms with Crippen LogP contribution in [0.4, 0.5) is 10.7 Å². The highest BCUT2D eigenvalue weighted by molar-refractivity contribution is 7.99. The molecule has 0 bridgehead atoms. The fourth-order valence-corrected chi connectivity index (χ4v) is 6.41. The van der Waals surface area contributed by atoms with E-state index in [2.05, 4.69) is 66.0 Å². The van der Waals surface area contributed by atoms with E-state index < -0.39 is 5.60 Å². The van der Waals surface area contributed by atoms with Gasteiger partial charge in [0.15, 0.2) is 10.8 Å². The first-order valence-electron chi connectivity index (χ1n) is 13.4. The predicted octanol–water partition coefficient (Wildman–Crippen LogP) is 7.08. The van der Waals surface area contributed by atoms with E-state index in [1.54, 1.807) is 28.0 Å². The molecule has 0 atom stereocenters. The summed E-state index contributed by atoms with van der Waals surface area (Å²) in [5.74, 6) is 0.973. The normalized spacial score (nSPS) is 14.8. The molecule has 206 valence electrons. The van der Waals surface area contributed by atoms with Crippen molar-refractivity contribution in [3.05, 3.63) is 59.1 Å². The minimum absolute atomic E-state index is 0.237. The van der Waals surface area contributed by atoms with Crippen LogP contribution in [0.1, 0.15) is 64.5 Å². The van der Waals surface area contributed by atoms with Crippen molar-refractivity contribution in [2.75, 3.05) is 18.4 Å². The molecule has 0 spiro atoms. The van der Waals surface area contributed by atoms with Gasteiger partial charge in [-0.15, -0.1) is 11.3 Å². The topological polar surface area (TPSA) is 84.7 Å². The zero-order valence-corrected chi connectivity index (χ0v) is 24.8. The lowest BCUT2D eigenvalue weighted by Crippen LogP contribution is -2.42. The first-order chi connectivity index (χ1) is 18.7. The van der Waals surface area contributed by atoms with Crippen molar-refractivity contribution in [3.8, 4) is 10.4 Å². The van der Waals surface area contributed by atoms with Crippen LogP contribution in [0.25, 0.3) is 16.1 Å². The molecule has 8 nitrogen and oxygen atoms in total. The number of hydrogen-bond donors (Lipinski definition) is 1. The Morgan fingerprint density at radius 1 is 1.15 bits per heavy atom. The average Bonchev–Trinajstić information content (AvgIpc) is 3.57. The molecule has 1 fully saturated rings. The molecular weight excluding hydrogens is 528 g/mol. The van der Waals surface area contributed by atoms with Crippen molar-refractivity contribution in [1.82, 2.24) is 24.5 Å². The molecule has 5 rings (SSSR count). The fourth-order valence-electron chi connectivity index (χ4n) is 4.60. The smallest absolute Gasteiger partial charge is 0.410 e. The van der Waals surface area contributed by atoms with E-state index >= 15 is 0 Å². The summed E-state index contributed by atoms with van der Waals surface area (Å²) in [6, 6.07) is 12.7. The maximum Gasteiger partial charge on any atom is 0.410 e. The van der Waals surface area contributed by atoms with Gasteiger partial charge in [-0.1, -0.05) is 55.9 Å². The largest absolute Gasteiger partial charge is 0.444 e. The van der Waals surface area contributed by atoms with Gasteiger partial charge in [-0.25, -0.2) is 9.78 Å². The van der Waals surface area contributed by atoms with Crippen LogP contribution in [-0.2, 0) is 11.3 Å². The summed E-state index contributed by atoms with van der Waals surface area (Å²) in [7, 11) is 0. The van der Waals surface area contributed by atoms with Gasteiger partial charge in [0.2, 0.25) is 5.95 Å². The van der Waals surface area contributed by atoms with Gasteiger partial charge >= 0.3 is 6.09 Å². The minimum atomic E-state index is -0.487. The number of amides is 1. The molecule has 0 aliphatic carbocycles. The molecule has 3 aromatic heterocycles. The summed E-state index contributed by atoms with van der Waals surface area (Å²) < 4.78 is 7.37. The lowest BCUT2D eigenvalue weighted by atomic mass is 10.1. The van der Waals surface area contributed by atoms with Crippen molar-refractivity contribution < 1.29 is 9.53 Å². The molecule has 1 N–H and O–H groups in total. The molecule has 1 saturated heterocycles. The summed E-state index contributed by atoms with van der Waals surface area (Å²) in [5.41, 5.74) is 3.87. The maximum atomic E-state index is 12.5. The van der Waals surface area contributed by atoms with E-state index in [-0.39, 0.29) is 6.09 Å². The molecule has 4 aromatic rings. The zero-order valence-electron chi connectivity index (χ0n) is 23.2. The Kier molecular flexibility index (Phi) is 8.13. The zero-order chi connectivity index (χ0) is 27.6. The van der Waals surface area contributed by atoms with E-state index in [0.29, 0.717) is 36.8 Å². The number of ether oxygens (including phenoxy) is 1. The third kappa shape index (κ3) is 6.55. The molecular formula is C29H36N6O2S2. The maximum absolute atomic E-state index is 12.5. The third-order valence-corrected chi connectivity index (χ3v) is 8.70. The predicted molar refractivity (Wildman–Crippen MR) is 159 cm³/mol. The van der Waals surface area contributed by atoms with Gasteiger partial charge in [0.25, 0.3) is 0 Å². The summed E-state index contributed by atoms with van der Waals surface area (Å²) in [6.45, 7) is 12.0. The molecule has 0 unspecified atom stereocenters. The Balaban J connectivity index is 1.34. The minimum Gasteiger partial charge on any atom is -0.444 e. The van der Waals surface area contributed by atoms with Crippen molar-refractivity contribution in [2.45, 2.75) is 75.9 Å². The van der Waals surface area contributed by atoms with Gasteiger partial charge < -0.3 is 15.0 Å². The SMILES string of the molecule is CC(C)c1cnn2c(NCc3ccccc3-c3cccs3)nc(SC3CCN(C(=O)OC(C)(C)C)CC3)nc12. The second-order valence-corrected chi connectivity index (χ2v) is 13.3. The Morgan fingerprint density at radius 2 is 1.92 bits per heavy atom. The quantitative estimate of drug-likeness (QED) is 0.257. The standard InChI is InChI=1S/C29H36N6O2S2/c1-19(2)23-18-31-35-25(23)32-27(39-21-12-14-34(15-13-21)28(36)37-29(3,4)5)33-26(35)30-17-20-9-6-7-10-22(20)24-11-8-16-38-24/h6-11,16,18-19,21H,12-15,17H2,1-5H3,(H,30,32,33). The molecule has 0 radical (unpaired) electrons. The number of nitrogens with one attached hydrogen (secondary N) is 1. The van der Waals surface area contributed by atoms with Crippen LogP contribution in [0, 0.1) is 0 Å². The van der Waals surface area contributed by atoms with E-state index in [1.807, 2.05) is 31.5 Å². The van der Waals surface area contributed by atoms with Gasteiger partial charge in [-0.05, 0) is 62.1 Å². The number of nitrogens with zero attached hydrogens (tertiary/aromatic N) is 5. The van der Waals surface area contributed by atoms with Crippen molar-refractivity contribution in [2.24, 2.45) is 0 Å². The summed E-state index contributed by atoms with van der Waals surface area (Å²) in [5, 5.41) is 11.3. The Hall–Kier alpha value is -3.11. The van der Waals surface area contributed by atoms with Crippen molar-refractivity contribution in [3.63, 3.8) is 0 Å². The molecule has 1 amide bonds. The lowest BCUT2D eigenvalue weighted by molar-refractivity contribution is 0.0219. The van der Waals surface area contributed by atoms with Crippen LogP contribution in [0.5, 0.6) is 0 Å². The molecule has 39 heavy (non-hydrogen) atoms. The number of likely N-dealkylation sites (tertiary alicyclic amines) is 1. The number of hydrogen-bond acceptors (Lipinski definition) is 8. The Morgan fingerprint density at radius 3 is 2.62 bits per heavy atom. The summed E-state index contributed by atoms with van der Waals surface area (Å²) >= 11 is 3.43. The number of aromatic nitrogens is 4. The molecule has 1 aliphatic rings. The van der Waals surface area contributed by atoms with E-state index in [4.69, 9.17) is 14.7 Å². The van der Waals surface area contributed by atoms with Gasteiger partial charge in [0, 0.05) is 35.3 Å². The second kappa shape index (κ2) is 11.6. The van der Waals surface area contributed by atoms with Crippen LogP contribution in [-0.4, -0.2) is 54.5 Å². The number of rotatable bonds is 7. The van der Waals surface area contributed by atoms with Gasteiger partial charge in [-0.2, -0.15) is 14.6 Å². The monoisotopic (exact) mass is 564 g/mol. The van der Waals surface area contributed by atoms with Crippen LogP contribution in [0.2, 0.25) is 0 Å². The number of carbonyl (C=O) groups excluding carboxylic acids is 1. The van der Waals surface area contributed by atoms with Crippen LogP contribution < -0.4 is 5.32 Å². The van der Waals surface area contributed by atoms with Gasteiger partial charge in [0.05, 0.1) is 6.20 Å². The number of fused-ring (bicyclic) bond motifs is 1.